The zero-order chi connectivity index (χ0) is 16.5. The number of fused-ring (bicyclic) bond motifs is 4. The van der Waals surface area contributed by atoms with Crippen LogP contribution in [0.1, 0.15) is 18.4 Å². The highest BCUT2D eigenvalue weighted by molar-refractivity contribution is 5.81. The van der Waals surface area contributed by atoms with Crippen molar-refractivity contribution in [3.63, 3.8) is 0 Å². The third kappa shape index (κ3) is 2.69. The number of benzene rings is 1. The lowest BCUT2D eigenvalue weighted by Gasteiger charge is -2.51. The molecule has 4 heteroatoms. The number of hydrogen-bond donors (Lipinski definition) is 1. The highest BCUT2D eigenvalue weighted by Crippen LogP contribution is 2.42. The molecule has 0 amide bonds. The van der Waals surface area contributed by atoms with Crippen LogP contribution < -0.4 is 5.32 Å². The van der Waals surface area contributed by atoms with E-state index < -0.39 is 0 Å². The van der Waals surface area contributed by atoms with E-state index in [9.17, 15) is 0 Å². The lowest BCUT2D eigenvalue weighted by Crippen LogP contribution is -2.57. The minimum atomic E-state index is -0.0492. The van der Waals surface area contributed by atoms with E-state index in [2.05, 4.69) is 53.2 Å². The summed E-state index contributed by atoms with van der Waals surface area (Å²) in [5, 5.41) is 3.44. The maximum atomic E-state index is 5.84. The molecule has 1 N–H and O–H groups in total. The normalized spacial score (nSPS) is 32.5. The molecule has 0 aliphatic carbocycles. The van der Waals surface area contributed by atoms with Crippen molar-refractivity contribution in [2.24, 2.45) is 11.8 Å². The van der Waals surface area contributed by atoms with Gasteiger partial charge < -0.3 is 5.32 Å². The Morgan fingerprint density at radius 3 is 3.00 bits per heavy atom. The Bertz CT molecular complexity index is 642. The van der Waals surface area contributed by atoms with Crippen molar-refractivity contribution < 1.29 is 9.78 Å². The van der Waals surface area contributed by atoms with Gasteiger partial charge in [0.1, 0.15) is 6.10 Å². The SMILES string of the molecule is C=C[C@@H]1CN2CC[C@H]1C[C@H]2[C@H](OOC)C1=CCNc2ccccc21. The van der Waals surface area contributed by atoms with E-state index in [-0.39, 0.29) is 6.10 Å². The number of nitrogens with one attached hydrogen (secondary N) is 1. The van der Waals surface area contributed by atoms with Gasteiger partial charge in [-0.1, -0.05) is 30.4 Å². The van der Waals surface area contributed by atoms with Gasteiger partial charge in [-0.2, -0.15) is 0 Å². The van der Waals surface area contributed by atoms with E-state index in [1.54, 1.807) is 7.11 Å². The first kappa shape index (κ1) is 15.9. The molecule has 24 heavy (non-hydrogen) atoms. The second-order valence-electron chi connectivity index (χ2n) is 7.02. The van der Waals surface area contributed by atoms with Crippen LogP contribution in [-0.4, -0.2) is 43.8 Å². The van der Waals surface area contributed by atoms with E-state index in [0.717, 1.165) is 32.0 Å². The van der Waals surface area contributed by atoms with Crippen LogP contribution >= 0.6 is 0 Å². The Balaban J connectivity index is 1.64. The topological polar surface area (TPSA) is 33.7 Å². The molecule has 5 atom stereocenters. The summed E-state index contributed by atoms with van der Waals surface area (Å²) in [4.78, 5) is 13.6. The van der Waals surface area contributed by atoms with Gasteiger partial charge in [0, 0.05) is 30.4 Å². The van der Waals surface area contributed by atoms with Crippen LogP contribution in [0.3, 0.4) is 0 Å². The van der Waals surface area contributed by atoms with Crippen molar-refractivity contribution in [2.75, 3.05) is 32.1 Å². The van der Waals surface area contributed by atoms with E-state index in [0.29, 0.717) is 12.0 Å². The van der Waals surface area contributed by atoms with Crippen LogP contribution in [0, 0.1) is 11.8 Å². The molecule has 0 spiro atoms. The van der Waals surface area contributed by atoms with Crippen LogP contribution in [0.25, 0.3) is 5.57 Å². The number of piperidine rings is 3. The molecule has 4 heterocycles. The lowest BCUT2D eigenvalue weighted by molar-refractivity contribution is -0.304. The first-order chi connectivity index (χ1) is 11.8. The van der Waals surface area contributed by atoms with Gasteiger partial charge in [-0.15, -0.1) is 6.58 Å². The minimum absolute atomic E-state index is 0.0492. The Kier molecular flexibility index (Phi) is 4.44. The van der Waals surface area contributed by atoms with Gasteiger partial charge in [-0.25, -0.2) is 9.78 Å². The smallest absolute Gasteiger partial charge is 0.134 e. The fourth-order valence-corrected chi connectivity index (χ4v) is 4.66. The van der Waals surface area contributed by atoms with Crippen LogP contribution in [0.4, 0.5) is 5.69 Å². The highest BCUT2D eigenvalue weighted by atomic mass is 17.2. The van der Waals surface area contributed by atoms with Gasteiger partial charge in [0.15, 0.2) is 0 Å². The summed E-state index contributed by atoms with van der Waals surface area (Å²) in [5.74, 6) is 1.34. The van der Waals surface area contributed by atoms with Gasteiger partial charge in [0.25, 0.3) is 0 Å². The standard InChI is InChI=1S/C20H26N2O2/c1-3-14-13-22-11-9-15(14)12-19(22)20(24-23-2)17-8-10-21-18-7-5-4-6-16(17)18/h3-8,14-15,19-21H,1,9-13H2,2H3/t14-,15+,19+,20-/m1/s1. The van der Waals surface area contributed by atoms with E-state index >= 15 is 0 Å². The molecule has 2 bridgehead atoms. The summed E-state index contributed by atoms with van der Waals surface area (Å²) >= 11 is 0. The predicted molar refractivity (Wildman–Crippen MR) is 96.6 cm³/mol. The van der Waals surface area contributed by atoms with Crippen LogP contribution in [0.15, 0.2) is 43.0 Å². The zero-order valence-electron chi connectivity index (χ0n) is 14.3. The summed E-state index contributed by atoms with van der Waals surface area (Å²) in [5.41, 5.74) is 3.66. The molecule has 4 nitrogen and oxygen atoms in total. The molecule has 0 radical (unpaired) electrons. The number of rotatable bonds is 5. The molecule has 1 aromatic carbocycles. The predicted octanol–water partition coefficient (Wildman–Crippen LogP) is 3.34. The molecule has 1 aromatic rings. The lowest BCUT2D eigenvalue weighted by atomic mass is 9.73. The van der Waals surface area contributed by atoms with Gasteiger partial charge in [0.2, 0.25) is 0 Å². The fourth-order valence-electron chi connectivity index (χ4n) is 4.66. The second kappa shape index (κ2) is 6.71. The highest BCUT2D eigenvalue weighted by Gasteiger charge is 2.44. The maximum Gasteiger partial charge on any atom is 0.134 e. The molecule has 4 aliphatic rings. The third-order valence-electron chi connectivity index (χ3n) is 5.86. The van der Waals surface area contributed by atoms with Crippen molar-refractivity contribution >= 4 is 11.3 Å². The first-order valence-electron chi connectivity index (χ1n) is 8.91. The van der Waals surface area contributed by atoms with E-state index in [4.69, 9.17) is 9.78 Å². The molecular weight excluding hydrogens is 300 g/mol. The molecule has 0 aromatic heterocycles. The maximum absolute atomic E-state index is 5.84. The summed E-state index contributed by atoms with van der Waals surface area (Å²) in [7, 11) is 1.61. The number of nitrogens with zero attached hydrogens (tertiary/aromatic N) is 1. The number of hydrogen-bond acceptors (Lipinski definition) is 4. The van der Waals surface area contributed by atoms with Crippen molar-refractivity contribution in [3.8, 4) is 0 Å². The van der Waals surface area contributed by atoms with Gasteiger partial charge in [0.05, 0.1) is 7.11 Å². The zero-order valence-corrected chi connectivity index (χ0v) is 14.3. The van der Waals surface area contributed by atoms with Crippen LogP contribution in [0.5, 0.6) is 0 Å². The molecule has 0 saturated carbocycles. The second-order valence-corrected chi connectivity index (χ2v) is 7.02. The van der Waals surface area contributed by atoms with Gasteiger partial charge in [-0.05, 0) is 42.9 Å². The average molecular weight is 326 g/mol. The Labute approximate surface area is 144 Å². The number of para-hydroxylation sites is 1. The summed E-state index contributed by atoms with van der Waals surface area (Å²) in [6.45, 7) is 7.10. The average Bonchev–Trinajstić information content (AvgIpc) is 2.66. The van der Waals surface area contributed by atoms with Crippen molar-refractivity contribution in [1.29, 1.82) is 0 Å². The minimum Gasteiger partial charge on any atom is -0.381 e. The summed E-state index contributed by atoms with van der Waals surface area (Å²) in [6, 6.07) is 8.83. The van der Waals surface area contributed by atoms with Gasteiger partial charge in [-0.3, -0.25) is 4.90 Å². The number of anilines is 1. The molecule has 1 unspecified atom stereocenters. The molecule has 3 fully saturated rings. The monoisotopic (exact) mass is 326 g/mol. The van der Waals surface area contributed by atoms with Crippen molar-refractivity contribution in [2.45, 2.75) is 25.0 Å². The first-order valence-corrected chi connectivity index (χ1v) is 8.91. The van der Waals surface area contributed by atoms with E-state index in [1.807, 2.05) is 0 Å². The van der Waals surface area contributed by atoms with Crippen LogP contribution in [-0.2, 0) is 9.78 Å². The largest absolute Gasteiger partial charge is 0.381 e. The quantitative estimate of drug-likeness (QED) is 0.511. The molecule has 128 valence electrons. The molecule has 4 aliphatic heterocycles. The van der Waals surface area contributed by atoms with Crippen molar-refractivity contribution in [1.82, 2.24) is 4.90 Å². The van der Waals surface area contributed by atoms with E-state index in [1.165, 1.54) is 23.2 Å². The molecule has 5 rings (SSSR count). The Morgan fingerprint density at radius 1 is 1.38 bits per heavy atom. The Morgan fingerprint density at radius 2 is 2.25 bits per heavy atom. The molecular formula is C20H26N2O2. The van der Waals surface area contributed by atoms with Gasteiger partial charge >= 0.3 is 0 Å². The Hall–Kier alpha value is -1.62. The van der Waals surface area contributed by atoms with Crippen molar-refractivity contribution in [3.05, 3.63) is 48.6 Å². The summed E-state index contributed by atoms with van der Waals surface area (Å²) in [6.07, 6.45) is 6.76. The third-order valence-corrected chi connectivity index (χ3v) is 5.86. The summed E-state index contributed by atoms with van der Waals surface area (Å²) < 4.78 is 0. The molecule has 3 saturated heterocycles. The fraction of sp³-hybridized carbons (Fsp3) is 0.500. The van der Waals surface area contributed by atoms with Crippen LogP contribution in [0.2, 0.25) is 0 Å².